The fourth-order valence-corrected chi connectivity index (χ4v) is 1.93. The van der Waals surface area contributed by atoms with E-state index >= 15 is 0 Å². The molecule has 21 heavy (non-hydrogen) atoms. The third-order valence-electron chi connectivity index (χ3n) is 3.30. The van der Waals surface area contributed by atoms with Crippen LogP contribution in [0.4, 0.5) is 14.6 Å². The Morgan fingerprint density at radius 2 is 2.00 bits per heavy atom. The second-order valence-corrected chi connectivity index (χ2v) is 4.70. The molecule has 1 aromatic carbocycles. The third-order valence-corrected chi connectivity index (χ3v) is 3.30. The number of aromatic nitrogens is 1. The number of hydrogen-bond acceptors (Lipinski definition) is 4. The first-order chi connectivity index (χ1) is 10.1. The van der Waals surface area contributed by atoms with Crippen LogP contribution in [0, 0.1) is 11.6 Å². The summed E-state index contributed by atoms with van der Waals surface area (Å²) >= 11 is 0. The maximum Gasteiger partial charge on any atom is 0.258 e. The fourth-order valence-electron chi connectivity index (χ4n) is 1.93. The van der Waals surface area contributed by atoms with Crippen LogP contribution in [0.2, 0.25) is 0 Å². The van der Waals surface area contributed by atoms with E-state index in [-0.39, 0.29) is 17.6 Å². The zero-order valence-corrected chi connectivity index (χ0v) is 11.9. The average molecular weight is 293 g/mol. The van der Waals surface area contributed by atoms with Crippen molar-refractivity contribution < 1.29 is 13.5 Å². The number of para-hydroxylation sites is 1. The zero-order valence-electron chi connectivity index (χ0n) is 11.9. The Morgan fingerprint density at radius 3 is 2.67 bits per heavy atom. The second kappa shape index (κ2) is 6.49. The highest BCUT2D eigenvalue weighted by Crippen LogP contribution is 2.33. The lowest BCUT2D eigenvalue weighted by molar-refractivity contribution is 0.411. The molecule has 112 valence electrons. The normalized spacial score (nSPS) is 12.0. The number of hydrogen-bond donors (Lipinski definition) is 2. The van der Waals surface area contributed by atoms with Crippen LogP contribution in [-0.2, 0) is 0 Å². The molecular weight excluding hydrogens is 276 g/mol. The van der Waals surface area contributed by atoms with Gasteiger partial charge in [0.1, 0.15) is 5.75 Å². The van der Waals surface area contributed by atoms with E-state index in [4.69, 9.17) is 10.6 Å². The summed E-state index contributed by atoms with van der Waals surface area (Å²) in [6, 6.07) is 7.98. The van der Waals surface area contributed by atoms with Crippen molar-refractivity contribution in [3.8, 4) is 11.6 Å². The van der Waals surface area contributed by atoms with Crippen molar-refractivity contribution in [1.82, 2.24) is 4.98 Å². The highest BCUT2D eigenvalue weighted by Gasteiger charge is 2.16. The number of nitrogens with zero attached hydrogens (tertiary/aromatic N) is 1. The van der Waals surface area contributed by atoms with Crippen molar-refractivity contribution in [2.24, 2.45) is 5.84 Å². The molecule has 2 aromatic rings. The molecule has 0 aliphatic carbocycles. The Labute approximate surface area is 121 Å². The van der Waals surface area contributed by atoms with Gasteiger partial charge in [-0.1, -0.05) is 32.0 Å². The molecule has 1 heterocycles. The summed E-state index contributed by atoms with van der Waals surface area (Å²) in [6.45, 7) is 4.10. The summed E-state index contributed by atoms with van der Waals surface area (Å²) in [5, 5.41) is 0. The van der Waals surface area contributed by atoms with Gasteiger partial charge in [-0.25, -0.2) is 14.6 Å². The molecule has 1 unspecified atom stereocenters. The van der Waals surface area contributed by atoms with Crippen LogP contribution in [0.1, 0.15) is 31.7 Å². The summed E-state index contributed by atoms with van der Waals surface area (Å²) < 4.78 is 32.6. The Balaban J connectivity index is 2.39. The fraction of sp³-hybridized carbons (Fsp3) is 0.267. The molecular formula is C15H17F2N3O. The number of halogens is 2. The number of anilines is 1. The molecule has 0 saturated heterocycles. The molecule has 3 N–H and O–H groups in total. The number of rotatable bonds is 5. The molecule has 1 atom stereocenters. The predicted molar refractivity (Wildman–Crippen MR) is 77.2 cm³/mol. The Hall–Kier alpha value is -2.21. The number of nitrogens with two attached hydrogens (primary N) is 1. The van der Waals surface area contributed by atoms with Gasteiger partial charge in [-0.2, -0.15) is 4.98 Å². The summed E-state index contributed by atoms with van der Waals surface area (Å²) in [4.78, 5) is 3.70. The Kier molecular flexibility index (Phi) is 4.70. The Bertz CT molecular complexity index is 634. The number of pyridine rings is 1. The molecule has 0 fully saturated rings. The first-order valence-electron chi connectivity index (χ1n) is 6.66. The molecule has 0 aliphatic rings. The minimum absolute atomic E-state index is 0.247. The lowest BCUT2D eigenvalue weighted by Crippen LogP contribution is -2.11. The molecule has 2 rings (SSSR count). The summed E-state index contributed by atoms with van der Waals surface area (Å²) in [7, 11) is 0. The quantitative estimate of drug-likeness (QED) is 0.647. The van der Waals surface area contributed by atoms with E-state index < -0.39 is 11.6 Å². The van der Waals surface area contributed by atoms with Gasteiger partial charge in [-0.15, -0.1) is 0 Å². The van der Waals surface area contributed by atoms with Crippen molar-refractivity contribution >= 4 is 5.82 Å². The SMILES string of the molecule is CCC(C)c1ccccc1Oc1nc(NN)c(F)cc1F. The van der Waals surface area contributed by atoms with Gasteiger partial charge in [-0.05, 0) is 24.0 Å². The first kappa shape index (κ1) is 15.2. The van der Waals surface area contributed by atoms with Gasteiger partial charge < -0.3 is 10.2 Å². The third kappa shape index (κ3) is 3.28. The smallest absolute Gasteiger partial charge is 0.258 e. The van der Waals surface area contributed by atoms with Crippen LogP contribution in [0.15, 0.2) is 30.3 Å². The van der Waals surface area contributed by atoms with Crippen LogP contribution in [-0.4, -0.2) is 4.98 Å². The number of nitrogens with one attached hydrogen (secondary N) is 1. The predicted octanol–water partition coefficient (Wildman–Crippen LogP) is 3.95. The highest BCUT2D eigenvalue weighted by molar-refractivity contribution is 5.42. The van der Waals surface area contributed by atoms with E-state index in [2.05, 4.69) is 17.3 Å². The first-order valence-corrected chi connectivity index (χ1v) is 6.66. The van der Waals surface area contributed by atoms with E-state index in [9.17, 15) is 8.78 Å². The molecule has 0 saturated carbocycles. The second-order valence-electron chi connectivity index (χ2n) is 4.70. The van der Waals surface area contributed by atoms with Crippen LogP contribution in [0.25, 0.3) is 0 Å². The van der Waals surface area contributed by atoms with Gasteiger partial charge >= 0.3 is 0 Å². The summed E-state index contributed by atoms with van der Waals surface area (Å²) in [6.07, 6.45) is 0.912. The van der Waals surface area contributed by atoms with Crippen LogP contribution in [0.5, 0.6) is 11.6 Å². The topological polar surface area (TPSA) is 60.2 Å². The van der Waals surface area contributed by atoms with Gasteiger partial charge in [0, 0.05) is 6.07 Å². The van der Waals surface area contributed by atoms with Crippen molar-refractivity contribution in [3.63, 3.8) is 0 Å². The maximum atomic E-state index is 13.8. The van der Waals surface area contributed by atoms with Crippen molar-refractivity contribution in [2.45, 2.75) is 26.2 Å². The van der Waals surface area contributed by atoms with Crippen LogP contribution in [0.3, 0.4) is 0 Å². The largest absolute Gasteiger partial charge is 0.436 e. The van der Waals surface area contributed by atoms with Crippen LogP contribution < -0.4 is 16.0 Å². The van der Waals surface area contributed by atoms with E-state index in [1.54, 1.807) is 12.1 Å². The van der Waals surface area contributed by atoms with Gasteiger partial charge in [0.05, 0.1) is 0 Å². The zero-order chi connectivity index (χ0) is 15.4. The van der Waals surface area contributed by atoms with Gasteiger partial charge in [0.25, 0.3) is 5.88 Å². The molecule has 0 radical (unpaired) electrons. The van der Waals surface area contributed by atoms with E-state index in [1.807, 2.05) is 19.1 Å². The molecule has 0 spiro atoms. The van der Waals surface area contributed by atoms with Gasteiger partial charge in [0.2, 0.25) is 0 Å². The monoisotopic (exact) mass is 293 g/mol. The van der Waals surface area contributed by atoms with Crippen molar-refractivity contribution in [1.29, 1.82) is 0 Å². The molecule has 0 amide bonds. The number of hydrazine groups is 1. The van der Waals surface area contributed by atoms with Crippen molar-refractivity contribution in [2.75, 3.05) is 5.43 Å². The number of ether oxygens (including phenoxy) is 1. The minimum Gasteiger partial charge on any atom is -0.436 e. The maximum absolute atomic E-state index is 13.8. The standard InChI is InChI=1S/C15H17F2N3O/c1-3-9(2)10-6-4-5-7-13(10)21-15-12(17)8-11(16)14(19-15)20-18/h4-9H,3,18H2,1-2H3,(H,19,20). The molecule has 6 heteroatoms. The molecule has 1 aromatic heterocycles. The molecule has 4 nitrogen and oxygen atoms in total. The minimum atomic E-state index is -0.884. The molecule has 0 aliphatic heterocycles. The lowest BCUT2D eigenvalue weighted by atomic mass is 9.98. The summed E-state index contributed by atoms with van der Waals surface area (Å²) in [5.41, 5.74) is 3.00. The van der Waals surface area contributed by atoms with Crippen molar-refractivity contribution in [3.05, 3.63) is 47.5 Å². The number of nitrogen functional groups attached to an aromatic ring is 1. The van der Waals surface area contributed by atoms with E-state index in [0.717, 1.165) is 12.0 Å². The average Bonchev–Trinajstić information content (AvgIpc) is 2.49. The highest BCUT2D eigenvalue weighted by atomic mass is 19.1. The van der Waals surface area contributed by atoms with E-state index in [1.165, 1.54) is 0 Å². The number of benzene rings is 1. The van der Waals surface area contributed by atoms with Gasteiger partial charge in [0.15, 0.2) is 17.5 Å². The van der Waals surface area contributed by atoms with Crippen LogP contribution >= 0.6 is 0 Å². The molecule has 0 bridgehead atoms. The lowest BCUT2D eigenvalue weighted by Gasteiger charge is -2.15. The van der Waals surface area contributed by atoms with Gasteiger partial charge in [-0.3, -0.25) is 0 Å². The summed E-state index contributed by atoms with van der Waals surface area (Å²) in [5.74, 6) is 3.52. The Morgan fingerprint density at radius 1 is 1.29 bits per heavy atom. The van der Waals surface area contributed by atoms with E-state index in [0.29, 0.717) is 11.8 Å².